The second-order valence-corrected chi connectivity index (χ2v) is 11.6. The lowest BCUT2D eigenvalue weighted by atomic mass is 9.48. The maximum Gasteiger partial charge on any atom is 0.418 e. The molecule has 4 aliphatic rings. The molecule has 0 bridgehead atoms. The van der Waals surface area contributed by atoms with Crippen LogP contribution in [0.3, 0.4) is 0 Å². The Bertz CT molecular complexity index is 1140. The van der Waals surface area contributed by atoms with E-state index in [0.717, 1.165) is 25.7 Å². The first-order valence-corrected chi connectivity index (χ1v) is 12.7. The van der Waals surface area contributed by atoms with E-state index in [1.165, 1.54) is 0 Å². The first-order valence-electron chi connectivity index (χ1n) is 12.7. The fraction of sp³-hybridized carbons (Fsp3) is 0.630. The zero-order valence-corrected chi connectivity index (χ0v) is 20.6. The van der Waals surface area contributed by atoms with Crippen LogP contribution < -0.4 is 10.6 Å². The second-order valence-electron chi connectivity index (χ2n) is 11.6. The van der Waals surface area contributed by atoms with Crippen molar-refractivity contribution in [3.05, 3.63) is 41.5 Å². The lowest BCUT2D eigenvalue weighted by Gasteiger charge is -2.58. The summed E-state index contributed by atoms with van der Waals surface area (Å²) >= 11 is 0. The molecule has 4 nitrogen and oxygen atoms in total. The summed E-state index contributed by atoms with van der Waals surface area (Å²) < 4.78 is 80.4. The Hall–Kier alpha value is -2.52. The minimum atomic E-state index is -4.91. The highest BCUT2D eigenvalue weighted by Crippen LogP contribution is 2.65. The predicted molar refractivity (Wildman–Crippen MR) is 124 cm³/mol. The number of alkyl halides is 6. The molecule has 1 aliphatic heterocycles. The number of rotatable bonds is 2. The molecule has 2 N–H and O–H groups in total. The van der Waals surface area contributed by atoms with E-state index in [1.54, 1.807) is 6.08 Å². The fourth-order valence-corrected chi connectivity index (χ4v) is 8.06. The highest BCUT2D eigenvalue weighted by molar-refractivity contribution is 5.94. The Morgan fingerprint density at radius 3 is 2.38 bits per heavy atom. The van der Waals surface area contributed by atoms with Gasteiger partial charge in [0.25, 0.3) is 0 Å². The van der Waals surface area contributed by atoms with Crippen LogP contribution in [0.2, 0.25) is 0 Å². The van der Waals surface area contributed by atoms with Crippen molar-refractivity contribution in [2.45, 2.75) is 70.8 Å². The number of hydrogen-bond donors (Lipinski definition) is 2. The number of carbonyl (C=O) groups is 2. The van der Waals surface area contributed by atoms with E-state index in [2.05, 4.69) is 17.6 Å². The van der Waals surface area contributed by atoms with Crippen LogP contribution in [-0.2, 0) is 21.9 Å². The van der Waals surface area contributed by atoms with E-state index in [-0.39, 0.29) is 23.3 Å². The molecule has 3 saturated carbocycles. The smallest absolute Gasteiger partial charge is 0.349 e. The van der Waals surface area contributed by atoms with Gasteiger partial charge >= 0.3 is 12.4 Å². The summed E-state index contributed by atoms with van der Waals surface area (Å²) in [5, 5.41) is 5.33. The van der Waals surface area contributed by atoms with Crippen LogP contribution in [0.15, 0.2) is 30.4 Å². The van der Waals surface area contributed by atoms with Crippen LogP contribution in [0.1, 0.15) is 63.5 Å². The van der Waals surface area contributed by atoms with Crippen LogP contribution in [-0.4, -0.2) is 17.9 Å². The molecule has 3 aliphatic carbocycles. The number of hydrogen-bond acceptors (Lipinski definition) is 2. The van der Waals surface area contributed by atoms with Crippen LogP contribution >= 0.6 is 0 Å². The van der Waals surface area contributed by atoms with Gasteiger partial charge < -0.3 is 10.6 Å². The van der Waals surface area contributed by atoms with Crippen molar-refractivity contribution in [1.29, 1.82) is 0 Å². The molecule has 37 heavy (non-hydrogen) atoms. The van der Waals surface area contributed by atoms with Gasteiger partial charge in [-0.25, -0.2) is 0 Å². The molecule has 10 heteroatoms. The van der Waals surface area contributed by atoms with Gasteiger partial charge in [-0.05, 0) is 86.0 Å². The number of halogens is 6. The van der Waals surface area contributed by atoms with E-state index in [1.807, 2.05) is 13.0 Å². The highest BCUT2D eigenvalue weighted by atomic mass is 19.4. The predicted octanol–water partition coefficient (Wildman–Crippen LogP) is 6.58. The van der Waals surface area contributed by atoms with Gasteiger partial charge in [-0.15, -0.1) is 0 Å². The summed E-state index contributed by atoms with van der Waals surface area (Å²) in [7, 11) is 0. The Morgan fingerprint density at radius 2 is 1.70 bits per heavy atom. The van der Waals surface area contributed by atoms with Crippen LogP contribution in [0.5, 0.6) is 0 Å². The topological polar surface area (TPSA) is 58.2 Å². The quantitative estimate of drug-likeness (QED) is 0.427. The Kier molecular flexibility index (Phi) is 5.99. The average Bonchev–Trinajstić information content (AvgIpc) is 3.15. The molecule has 1 aromatic rings. The Balaban J connectivity index is 1.40. The molecule has 0 aromatic heterocycles. The zero-order valence-electron chi connectivity index (χ0n) is 20.6. The maximum absolute atomic E-state index is 13.6. The number of carbonyl (C=O) groups excluding carboxylic acids is 2. The van der Waals surface area contributed by atoms with Gasteiger partial charge in [0.2, 0.25) is 11.8 Å². The molecule has 0 spiro atoms. The monoisotopic (exact) mass is 528 g/mol. The first-order chi connectivity index (χ1) is 17.1. The summed E-state index contributed by atoms with van der Waals surface area (Å²) in [6.45, 7) is 4.17. The van der Waals surface area contributed by atoms with E-state index in [4.69, 9.17) is 0 Å². The van der Waals surface area contributed by atoms with Crippen molar-refractivity contribution < 1.29 is 35.9 Å². The van der Waals surface area contributed by atoms with Crippen LogP contribution in [0.4, 0.5) is 32.0 Å². The molecule has 7 atom stereocenters. The molecule has 0 radical (unpaired) electrons. The lowest BCUT2D eigenvalue weighted by Crippen LogP contribution is -2.59. The Morgan fingerprint density at radius 1 is 0.973 bits per heavy atom. The summed E-state index contributed by atoms with van der Waals surface area (Å²) in [5.41, 5.74) is -4.06. The van der Waals surface area contributed by atoms with Crippen molar-refractivity contribution >= 4 is 17.5 Å². The minimum absolute atomic E-state index is 0.0535. The van der Waals surface area contributed by atoms with E-state index in [0.29, 0.717) is 42.9 Å². The maximum atomic E-state index is 13.6. The molecule has 3 fully saturated rings. The van der Waals surface area contributed by atoms with Gasteiger partial charge in [-0.1, -0.05) is 19.9 Å². The number of fused-ring (bicyclic) bond motifs is 5. The summed E-state index contributed by atoms with van der Waals surface area (Å²) in [4.78, 5) is 25.3. The van der Waals surface area contributed by atoms with Gasteiger partial charge in [-0.2, -0.15) is 26.3 Å². The van der Waals surface area contributed by atoms with Gasteiger partial charge in [0.15, 0.2) is 0 Å². The van der Waals surface area contributed by atoms with Crippen LogP contribution in [0.25, 0.3) is 0 Å². The van der Waals surface area contributed by atoms with E-state index < -0.39 is 46.4 Å². The Labute approximate surface area is 211 Å². The molecular formula is C27H30F6N2O2. The molecular weight excluding hydrogens is 498 g/mol. The molecule has 2 unspecified atom stereocenters. The lowest BCUT2D eigenvalue weighted by molar-refractivity contribution is -0.141. The molecule has 202 valence electrons. The normalized spacial score (nSPS) is 37.3. The highest BCUT2D eigenvalue weighted by Gasteiger charge is 2.61. The third-order valence-electron chi connectivity index (χ3n) is 9.91. The molecule has 1 heterocycles. The molecule has 5 rings (SSSR count). The number of anilines is 1. The standard InChI is InChI=1S/C27H30F6N2O2/c1-24-11-9-17-15(4-8-21-25(17,2)12-10-22(36)35-21)16(24)6-7-19(24)23(37)34-20-13-14(26(28,29)30)3-5-18(20)27(31,32)33/h3,5,10,12-13,15-17,19,21H,4,6-9,11H2,1-2H3,(H,34,37)(H,35,36)/t15-,16-,17-,19?,21?,24-,25+/m0/s1. The SMILES string of the molecule is C[C@]12C=CC(=O)NC1CC[C@@H]1[C@@H]2CC[C@]2(C)C(C(=O)Nc3cc(C(F)(F)F)ccc3C(F)(F)F)CC[C@@H]12. The van der Waals surface area contributed by atoms with Crippen molar-refractivity contribution in [3.63, 3.8) is 0 Å². The van der Waals surface area contributed by atoms with Gasteiger partial charge in [-0.3, -0.25) is 9.59 Å². The van der Waals surface area contributed by atoms with Crippen molar-refractivity contribution in [2.75, 3.05) is 5.32 Å². The van der Waals surface area contributed by atoms with Crippen molar-refractivity contribution in [1.82, 2.24) is 5.32 Å². The summed E-state index contributed by atoms with van der Waals surface area (Å²) in [6, 6.07) is 1.18. The summed E-state index contributed by atoms with van der Waals surface area (Å²) in [6.07, 6.45) is -1.73. The van der Waals surface area contributed by atoms with Crippen molar-refractivity contribution in [2.24, 2.45) is 34.5 Å². The largest absolute Gasteiger partial charge is 0.418 e. The number of benzene rings is 1. The van der Waals surface area contributed by atoms with Gasteiger partial charge in [0.05, 0.1) is 16.8 Å². The van der Waals surface area contributed by atoms with E-state index in [9.17, 15) is 35.9 Å². The first kappa shape index (κ1) is 26.1. The number of nitrogens with one attached hydrogen (secondary N) is 2. The third-order valence-corrected chi connectivity index (χ3v) is 9.91. The second kappa shape index (κ2) is 8.50. The molecule has 1 aromatic carbocycles. The molecule has 0 saturated heterocycles. The van der Waals surface area contributed by atoms with Crippen molar-refractivity contribution in [3.8, 4) is 0 Å². The molecule has 2 amide bonds. The third kappa shape index (κ3) is 4.24. The van der Waals surface area contributed by atoms with Gasteiger partial charge in [0.1, 0.15) is 0 Å². The minimum Gasteiger partial charge on any atom is -0.349 e. The summed E-state index contributed by atoms with van der Waals surface area (Å²) in [5.74, 6) is -0.555. The zero-order chi connectivity index (χ0) is 27.0. The van der Waals surface area contributed by atoms with Crippen LogP contribution in [0, 0.1) is 34.5 Å². The fourth-order valence-electron chi connectivity index (χ4n) is 8.06. The van der Waals surface area contributed by atoms with Gasteiger partial charge in [0, 0.05) is 17.4 Å². The van der Waals surface area contributed by atoms with E-state index >= 15 is 0 Å². The number of amides is 2. The average molecular weight is 529 g/mol.